The zero-order valence-electron chi connectivity index (χ0n) is 32.6. The third-order valence-corrected chi connectivity index (χ3v) is 9.01. The van der Waals surface area contributed by atoms with Crippen molar-refractivity contribution in [1.82, 2.24) is 10.6 Å². The quantitative estimate of drug-likeness (QED) is 0.0905. The van der Waals surface area contributed by atoms with Gasteiger partial charge in [-0.25, -0.2) is 0 Å². The Morgan fingerprint density at radius 2 is 1.33 bits per heavy atom. The van der Waals surface area contributed by atoms with Gasteiger partial charge in [-0.15, -0.1) is 0 Å². The van der Waals surface area contributed by atoms with Gasteiger partial charge in [0.25, 0.3) is 0 Å². The van der Waals surface area contributed by atoms with Gasteiger partial charge in [-0.3, -0.25) is 24.0 Å². The molecular formula is C42H58N4O9. The van der Waals surface area contributed by atoms with Crippen LogP contribution in [-0.4, -0.2) is 101 Å². The lowest BCUT2D eigenvalue weighted by atomic mass is 9.89. The average molecular weight is 763 g/mol. The lowest BCUT2D eigenvalue weighted by molar-refractivity contribution is -0.133. The van der Waals surface area contributed by atoms with Gasteiger partial charge in [0, 0.05) is 55.7 Å². The zero-order chi connectivity index (χ0) is 39.8. The van der Waals surface area contributed by atoms with Crippen LogP contribution in [0.5, 0.6) is 0 Å². The molecule has 55 heavy (non-hydrogen) atoms. The number of Topliss-reactive ketones (excluding diaryl/α,β-unsaturated/α-hetero) is 2. The Bertz CT molecular complexity index is 1600. The number of carbonyl (C=O) groups excluding carboxylic acids is 5. The van der Waals surface area contributed by atoms with E-state index < -0.39 is 12.0 Å². The minimum Gasteiger partial charge on any atom is -0.379 e. The van der Waals surface area contributed by atoms with Crippen molar-refractivity contribution < 1.29 is 42.9 Å². The van der Waals surface area contributed by atoms with Crippen LogP contribution >= 0.6 is 0 Å². The monoisotopic (exact) mass is 762 g/mol. The van der Waals surface area contributed by atoms with E-state index in [0.717, 1.165) is 22.4 Å². The van der Waals surface area contributed by atoms with Gasteiger partial charge in [0.1, 0.15) is 5.78 Å². The number of hydrogen-bond acceptors (Lipinski definition) is 10. The van der Waals surface area contributed by atoms with E-state index in [0.29, 0.717) is 65.6 Å². The van der Waals surface area contributed by atoms with E-state index in [2.05, 4.69) is 22.5 Å². The maximum Gasteiger partial charge on any atom is 0.229 e. The van der Waals surface area contributed by atoms with Crippen LogP contribution in [0.3, 0.4) is 0 Å². The number of hydrogen-bond donors (Lipinski definition) is 3. The highest BCUT2D eigenvalue weighted by Crippen LogP contribution is 2.26. The van der Waals surface area contributed by atoms with Crippen LogP contribution in [0.1, 0.15) is 76.0 Å². The van der Waals surface area contributed by atoms with E-state index in [4.69, 9.17) is 24.7 Å². The molecule has 0 bridgehead atoms. The average Bonchev–Trinajstić information content (AvgIpc) is 3.16. The molecule has 300 valence electrons. The summed E-state index contributed by atoms with van der Waals surface area (Å²) in [6.45, 7) is 8.98. The van der Waals surface area contributed by atoms with E-state index >= 15 is 0 Å². The highest BCUT2D eigenvalue weighted by Gasteiger charge is 2.27. The van der Waals surface area contributed by atoms with Crippen molar-refractivity contribution in [3.8, 4) is 11.8 Å². The Balaban J connectivity index is 1.16. The summed E-state index contributed by atoms with van der Waals surface area (Å²) >= 11 is 0. The number of fused-ring (bicyclic) bond motifs is 2. The molecular weight excluding hydrogens is 704 g/mol. The molecule has 0 saturated heterocycles. The first-order chi connectivity index (χ1) is 26.6. The Morgan fingerprint density at radius 3 is 1.98 bits per heavy atom. The summed E-state index contributed by atoms with van der Waals surface area (Å²) in [5, 5.41) is 5.55. The van der Waals surface area contributed by atoms with Crippen molar-refractivity contribution in [2.24, 2.45) is 17.6 Å². The van der Waals surface area contributed by atoms with Crippen molar-refractivity contribution in [2.45, 2.75) is 71.9 Å². The largest absolute Gasteiger partial charge is 0.379 e. The minimum absolute atomic E-state index is 0.0594. The van der Waals surface area contributed by atoms with Gasteiger partial charge in [0.05, 0.1) is 71.1 Å². The summed E-state index contributed by atoms with van der Waals surface area (Å²) in [5.74, 6) is 5.08. The number of anilines is 1. The van der Waals surface area contributed by atoms with Crippen LogP contribution < -0.4 is 21.3 Å². The maximum absolute atomic E-state index is 13.3. The summed E-state index contributed by atoms with van der Waals surface area (Å²) in [5.41, 5.74) is 8.87. The van der Waals surface area contributed by atoms with Crippen LogP contribution in [-0.2, 0) is 49.5 Å². The number of carbonyl (C=O) groups is 5. The molecule has 3 rings (SSSR count). The first-order valence-electron chi connectivity index (χ1n) is 19.2. The molecule has 2 aromatic rings. The summed E-state index contributed by atoms with van der Waals surface area (Å²) in [7, 11) is 0. The van der Waals surface area contributed by atoms with Gasteiger partial charge >= 0.3 is 0 Å². The molecule has 0 aliphatic carbocycles. The second-order valence-corrected chi connectivity index (χ2v) is 13.6. The van der Waals surface area contributed by atoms with E-state index in [-0.39, 0.29) is 80.6 Å². The van der Waals surface area contributed by atoms with Gasteiger partial charge in [0.2, 0.25) is 17.7 Å². The standard InChI is InChI=1S/C42H58N4O9/c1-31(2)37(42(51)45-32(3)39(48)13-8-19-43)29-36(47)17-21-52-23-25-54-27-28-55-26-24-53-22-18-40(49)44-20-16-41(50)46-30-35-11-5-4-9-33(35)14-15-34-10-6-7-12-38(34)46/h4-7,9-12,31-32,37H,8,13,16-30,43H2,1-3H3,(H,44,49)(H,45,51)/t32-,37-/m0/s1. The number of rotatable bonds is 27. The van der Waals surface area contributed by atoms with Crippen LogP contribution in [0.2, 0.25) is 0 Å². The highest BCUT2D eigenvalue weighted by atomic mass is 16.6. The molecule has 2 aromatic carbocycles. The fourth-order valence-electron chi connectivity index (χ4n) is 5.72. The van der Waals surface area contributed by atoms with Crippen molar-refractivity contribution in [3.63, 3.8) is 0 Å². The lowest BCUT2D eigenvalue weighted by Gasteiger charge is -2.26. The van der Waals surface area contributed by atoms with Crippen LogP contribution in [0, 0.1) is 23.7 Å². The number of benzene rings is 2. The predicted molar refractivity (Wildman–Crippen MR) is 209 cm³/mol. The number of nitrogens with zero attached hydrogens (tertiary/aromatic N) is 1. The lowest BCUT2D eigenvalue weighted by Crippen LogP contribution is -2.43. The molecule has 1 aliphatic rings. The van der Waals surface area contributed by atoms with E-state index in [1.54, 1.807) is 11.8 Å². The summed E-state index contributed by atoms with van der Waals surface area (Å²) in [4.78, 5) is 64.7. The summed E-state index contributed by atoms with van der Waals surface area (Å²) < 4.78 is 22.0. The molecule has 1 heterocycles. The normalized spacial score (nSPS) is 13.0. The first kappa shape index (κ1) is 44.9. The summed E-state index contributed by atoms with van der Waals surface area (Å²) in [6, 6.07) is 14.8. The van der Waals surface area contributed by atoms with Crippen molar-refractivity contribution in [3.05, 3.63) is 65.2 Å². The molecule has 1 aliphatic heterocycles. The molecule has 2 atom stereocenters. The molecule has 0 saturated carbocycles. The Labute approximate surface area is 325 Å². The smallest absolute Gasteiger partial charge is 0.229 e. The SMILES string of the molecule is CC(C)[C@H](CC(=O)CCOCCOCCOCCOCCC(=O)NCCC(=O)N1Cc2ccccc2C#Cc2ccccc21)C(=O)N[C@@H](C)C(=O)CCCN. The molecule has 13 heteroatoms. The van der Waals surface area contributed by atoms with Crippen molar-refractivity contribution in [1.29, 1.82) is 0 Å². The van der Waals surface area contributed by atoms with Crippen molar-refractivity contribution >= 4 is 35.0 Å². The maximum atomic E-state index is 13.3. The van der Waals surface area contributed by atoms with Crippen molar-refractivity contribution in [2.75, 3.05) is 70.8 Å². The molecule has 13 nitrogen and oxygen atoms in total. The Kier molecular flexibility index (Phi) is 20.9. The third-order valence-electron chi connectivity index (χ3n) is 9.01. The second-order valence-electron chi connectivity index (χ2n) is 13.6. The predicted octanol–water partition coefficient (Wildman–Crippen LogP) is 3.33. The van der Waals surface area contributed by atoms with Gasteiger partial charge < -0.3 is 40.2 Å². The molecule has 0 aromatic heterocycles. The topological polar surface area (TPSA) is 176 Å². The van der Waals surface area contributed by atoms with Gasteiger partial charge in [-0.05, 0) is 49.6 Å². The van der Waals surface area contributed by atoms with Gasteiger partial charge in [-0.1, -0.05) is 56.0 Å². The molecule has 0 radical (unpaired) electrons. The second kappa shape index (κ2) is 25.6. The summed E-state index contributed by atoms with van der Waals surface area (Å²) in [6.07, 6.45) is 1.48. The van der Waals surface area contributed by atoms with Crippen LogP contribution in [0.4, 0.5) is 5.69 Å². The van der Waals surface area contributed by atoms with E-state index in [1.165, 1.54) is 0 Å². The number of nitrogens with one attached hydrogen (secondary N) is 2. The zero-order valence-corrected chi connectivity index (χ0v) is 32.6. The highest BCUT2D eigenvalue weighted by molar-refractivity contribution is 5.95. The number of para-hydroxylation sites is 1. The molecule has 3 amide bonds. The fraction of sp³-hybridized carbons (Fsp3) is 0.548. The first-order valence-corrected chi connectivity index (χ1v) is 19.2. The number of ether oxygens (including phenoxy) is 4. The van der Waals surface area contributed by atoms with Gasteiger partial charge in [0.15, 0.2) is 5.78 Å². The minimum atomic E-state index is -0.615. The third kappa shape index (κ3) is 16.8. The molecule has 0 fully saturated rings. The fourth-order valence-corrected chi connectivity index (χ4v) is 5.72. The van der Waals surface area contributed by atoms with Gasteiger partial charge in [-0.2, -0.15) is 0 Å². The van der Waals surface area contributed by atoms with E-state index in [9.17, 15) is 24.0 Å². The Hall–Kier alpha value is -4.45. The number of amides is 3. The Morgan fingerprint density at radius 1 is 0.745 bits per heavy atom. The number of ketones is 2. The number of nitrogens with two attached hydrogens (primary N) is 1. The van der Waals surface area contributed by atoms with E-state index in [1.807, 2.05) is 62.4 Å². The molecule has 0 unspecified atom stereocenters. The van der Waals surface area contributed by atoms with Crippen LogP contribution in [0.15, 0.2) is 48.5 Å². The molecule has 4 N–H and O–H groups in total. The van der Waals surface area contributed by atoms with Crippen LogP contribution in [0.25, 0.3) is 0 Å². The molecule has 0 spiro atoms.